The van der Waals surface area contributed by atoms with Crippen LogP contribution in [0, 0.1) is 46.8 Å². The van der Waals surface area contributed by atoms with Gasteiger partial charge in [0.2, 0.25) is 0 Å². The van der Waals surface area contributed by atoms with E-state index in [0.717, 1.165) is 25.7 Å². The number of carbonyl (C=O) groups excluding carboxylic acids is 3. The van der Waals surface area contributed by atoms with E-state index in [9.17, 15) is 31.6 Å². The minimum atomic E-state index is -6.05. The molecule has 35 heavy (non-hydrogen) atoms. The summed E-state index contributed by atoms with van der Waals surface area (Å²) in [6, 6.07) is 0. The Morgan fingerprint density at radius 3 is 2.17 bits per heavy atom. The van der Waals surface area contributed by atoms with Gasteiger partial charge in [-0.25, -0.2) is 4.79 Å². The Balaban J connectivity index is 1.25. The Labute approximate surface area is 201 Å². The number of halogens is 2. The van der Waals surface area contributed by atoms with Crippen LogP contribution in [-0.4, -0.2) is 54.4 Å². The molecule has 6 unspecified atom stereocenters. The fraction of sp³-hybridized carbons (Fsp3) is 0.870. The van der Waals surface area contributed by atoms with Crippen molar-refractivity contribution < 1.29 is 50.3 Å². The smallest absolute Gasteiger partial charge is 0.461 e. The van der Waals surface area contributed by atoms with E-state index in [1.54, 1.807) is 0 Å². The van der Waals surface area contributed by atoms with Crippen LogP contribution in [0.1, 0.15) is 51.9 Å². The van der Waals surface area contributed by atoms with Crippen molar-refractivity contribution >= 4 is 28.0 Å². The van der Waals surface area contributed by atoms with E-state index >= 15 is 0 Å². The lowest BCUT2D eigenvalue weighted by Gasteiger charge is -2.60. The quantitative estimate of drug-likeness (QED) is 0.319. The van der Waals surface area contributed by atoms with Crippen molar-refractivity contribution in [3.63, 3.8) is 0 Å². The molecule has 0 aromatic carbocycles. The maximum atomic E-state index is 13.8. The largest absolute Gasteiger partial charge is 0.465 e. The lowest BCUT2D eigenvalue weighted by Crippen LogP contribution is -2.58. The van der Waals surface area contributed by atoms with Crippen LogP contribution in [0.25, 0.3) is 0 Å². The third kappa shape index (κ3) is 3.04. The Morgan fingerprint density at radius 1 is 1.03 bits per heavy atom. The van der Waals surface area contributed by atoms with Gasteiger partial charge in [-0.15, -0.1) is 0 Å². The van der Waals surface area contributed by atoms with Crippen LogP contribution in [0.2, 0.25) is 0 Å². The monoisotopic (exact) mass is 518 g/mol. The molecule has 1 saturated heterocycles. The first kappa shape index (κ1) is 23.6. The summed E-state index contributed by atoms with van der Waals surface area (Å²) < 4.78 is 74.5. The first-order valence-corrected chi connectivity index (χ1v) is 13.8. The number of ether oxygens (including phenoxy) is 3. The fourth-order valence-corrected chi connectivity index (χ4v) is 9.11. The van der Waals surface area contributed by atoms with Gasteiger partial charge < -0.3 is 14.2 Å². The van der Waals surface area contributed by atoms with E-state index in [-0.39, 0.29) is 24.2 Å². The van der Waals surface area contributed by atoms with Gasteiger partial charge in [-0.05, 0) is 68.6 Å². The third-order valence-corrected chi connectivity index (χ3v) is 10.9. The van der Waals surface area contributed by atoms with Crippen LogP contribution in [-0.2, 0) is 38.7 Å². The number of esters is 3. The Hall–Kier alpha value is -1.82. The number of carbonyl (C=O) groups is 3. The molecular weight excluding hydrogens is 490 g/mol. The lowest BCUT2D eigenvalue weighted by atomic mass is 9.44. The molecule has 9 nitrogen and oxygen atoms in total. The van der Waals surface area contributed by atoms with Gasteiger partial charge >= 0.3 is 33.3 Å². The molecule has 7 rings (SSSR count). The normalized spacial score (nSPS) is 47.1. The van der Waals surface area contributed by atoms with Crippen molar-refractivity contribution in [2.45, 2.75) is 75.4 Å². The number of rotatable bonds is 6. The second kappa shape index (κ2) is 7.36. The Kier molecular flexibility index (Phi) is 4.96. The second-order valence-electron chi connectivity index (χ2n) is 11.4. The molecule has 0 spiro atoms. The summed E-state index contributed by atoms with van der Waals surface area (Å²) in [5, 5.41) is -5.17. The van der Waals surface area contributed by atoms with Crippen LogP contribution in [0.5, 0.6) is 0 Å². The van der Waals surface area contributed by atoms with Crippen molar-refractivity contribution in [2.75, 3.05) is 0 Å². The SMILES string of the molecule is CCC1(C(=O)OC2C3CC4C(OC(=O)C42)C3OC(=O)C(F)(F)S(=O)(=O)O)C2CC3CC(C2)CC1C3. The van der Waals surface area contributed by atoms with E-state index in [2.05, 4.69) is 0 Å². The molecule has 1 aliphatic heterocycles. The molecule has 6 saturated carbocycles. The van der Waals surface area contributed by atoms with Crippen LogP contribution in [0.4, 0.5) is 8.78 Å². The number of fused-ring (bicyclic) bond motifs is 1. The molecule has 0 radical (unpaired) electrons. The molecule has 194 valence electrons. The Bertz CT molecular complexity index is 1060. The van der Waals surface area contributed by atoms with E-state index in [1.165, 1.54) is 6.42 Å². The predicted octanol–water partition coefficient (Wildman–Crippen LogP) is 2.33. The standard InChI is InChI=1S/C23H28F2O9S/c1-2-22(11-4-9-3-10(6-11)7-12(22)5-9)20(27)33-16-14-8-13-15(16)19(26)32-17(13)18(14)34-21(28)23(24,25)35(29,30)31/h9-18H,2-8H2,1H3,(H,29,30,31). The summed E-state index contributed by atoms with van der Waals surface area (Å²) in [7, 11) is -6.05. The van der Waals surface area contributed by atoms with Crippen molar-refractivity contribution in [3.8, 4) is 0 Å². The zero-order chi connectivity index (χ0) is 25.1. The average molecular weight is 519 g/mol. The minimum absolute atomic E-state index is 0.209. The minimum Gasteiger partial charge on any atom is -0.461 e. The van der Waals surface area contributed by atoms with Crippen molar-refractivity contribution in [3.05, 3.63) is 0 Å². The van der Waals surface area contributed by atoms with Crippen molar-refractivity contribution in [1.29, 1.82) is 0 Å². The highest BCUT2D eigenvalue weighted by Crippen LogP contribution is 2.65. The molecule has 0 amide bonds. The summed E-state index contributed by atoms with van der Waals surface area (Å²) >= 11 is 0. The van der Waals surface area contributed by atoms with Gasteiger partial charge in [0.05, 0.1) is 5.41 Å². The number of alkyl halides is 2. The molecule has 6 aliphatic carbocycles. The van der Waals surface area contributed by atoms with Crippen molar-refractivity contribution in [1.82, 2.24) is 0 Å². The first-order chi connectivity index (χ1) is 16.4. The van der Waals surface area contributed by atoms with E-state index in [1.807, 2.05) is 6.92 Å². The fourth-order valence-electron chi connectivity index (χ4n) is 8.85. The van der Waals surface area contributed by atoms with Crippen molar-refractivity contribution in [2.24, 2.45) is 46.8 Å². The van der Waals surface area contributed by atoms with E-state index in [0.29, 0.717) is 18.3 Å². The van der Waals surface area contributed by atoms with Gasteiger partial charge in [0.25, 0.3) is 0 Å². The van der Waals surface area contributed by atoms with Gasteiger partial charge in [0.1, 0.15) is 24.2 Å². The summed E-state index contributed by atoms with van der Waals surface area (Å²) in [5.74, 6) is -3.83. The van der Waals surface area contributed by atoms with Crippen LogP contribution in [0.3, 0.4) is 0 Å². The van der Waals surface area contributed by atoms with Gasteiger partial charge in [0.15, 0.2) is 0 Å². The molecule has 0 aromatic heterocycles. The molecule has 7 aliphatic rings. The predicted molar refractivity (Wildman–Crippen MR) is 111 cm³/mol. The zero-order valence-corrected chi connectivity index (χ0v) is 19.9. The maximum absolute atomic E-state index is 13.8. The molecule has 1 N–H and O–H groups in total. The second-order valence-corrected chi connectivity index (χ2v) is 12.9. The maximum Gasteiger partial charge on any atom is 0.465 e. The molecule has 12 heteroatoms. The molecule has 0 aromatic rings. The zero-order valence-electron chi connectivity index (χ0n) is 19.1. The molecule has 6 bridgehead atoms. The topological polar surface area (TPSA) is 133 Å². The molecule has 6 atom stereocenters. The highest BCUT2D eigenvalue weighted by molar-refractivity contribution is 7.87. The average Bonchev–Trinajstić information content (AvgIpc) is 3.37. The molecular formula is C23H28F2O9S. The first-order valence-electron chi connectivity index (χ1n) is 12.4. The van der Waals surface area contributed by atoms with Crippen LogP contribution < -0.4 is 0 Å². The van der Waals surface area contributed by atoms with E-state index in [4.69, 9.17) is 18.8 Å². The third-order valence-electron chi connectivity index (χ3n) is 10.1. The number of hydrogen-bond donors (Lipinski definition) is 1. The lowest BCUT2D eigenvalue weighted by molar-refractivity contribution is -0.198. The highest BCUT2D eigenvalue weighted by atomic mass is 32.2. The molecule has 1 heterocycles. The van der Waals surface area contributed by atoms with Gasteiger partial charge in [-0.1, -0.05) is 6.92 Å². The van der Waals surface area contributed by atoms with Gasteiger partial charge in [-0.3, -0.25) is 14.1 Å². The summed E-state index contributed by atoms with van der Waals surface area (Å²) in [6.07, 6.45) is 2.57. The van der Waals surface area contributed by atoms with Gasteiger partial charge in [0, 0.05) is 11.8 Å². The summed E-state index contributed by atoms with van der Waals surface area (Å²) in [6.45, 7) is 1.98. The number of hydrogen-bond acceptors (Lipinski definition) is 8. The van der Waals surface area contributed by atoms with E-state index < -0.39 is 68.8 Å². The van der Waals surface area contributed by atoms with Gasteiger partial charge in [-0.2, -0.15) is 17.2 Å². The van der Waals surface area contributed by atoms with Crippen LogP contribution >= 0.6 is 0 Å². The Morgan fingerprint density at radius 2 is 1.63 bits per heavy atom. The summed E-state index contributed by atoms with van der Waals surface area (Å²) in [4.78, 5) is 38.4. The molecule has 7 fully saturated rings. The highest BCUT2D eigenvalue weighted by Gasteiger charge is 2.71. The summed E-state index contributed by atoms with van der Waals surface area (Å²) in [5.41, 5.74) is -0.651. The van der Waals surface area contributed by atoms with Crippen LogP contribution in [0.15, 0.2) is 0 Å².